The van der Waals surface area contributed by atoms with Crippen LogP contribution in [0.5, 0.6) is 5.88 Å². The highest BCUT2D eigenvalue weighted by Crippen LogP contribution is 2.43. The molecule has 1 aromatic heterocycles. The Labute approximate surface area is 117 Å². The number of benzene rings is 1. The van der Waals surface area contributed by atoms with Crippen LogP contribution in [0.3, 0.4) is 0 Å². The van der Waals surface area contributed by atoms with Crippen molar-refractivity contribution in [3.63, 3.8) is 0 Å². The molecule has 0 radical (unpaired) electrons. The van der Waals surface area contributed by atoms with Gasteiger partial charge in [0.2, 0.25) is 5.88 Å². The second kappa shape index (κ2) is 4.38. The predicted molar refractivity (Wildman–Crippen MR) is 76.7 cm³/mol. The quantitative estimate of drug-likeness (QED) is 0.815. The number of H-pyrrole nitrogens is 1. The van der Waals surface area contributed by atoms with Crippen molar-refractivity contribution < 1.29 is 5.11 Å². The van der Waals surface area contributed by atoms with Gasteiger partial charge >= 0.3 is 0 Å². The molecule has 0 bridgehead atoms. The third-order valence-corrected chi connectivity index (χ3v) is 4.05. The SMILES string of the molecule is O=c1[nH]c(-c2ccccc2C2CC2)nc(O)c1I. The molecule has 1 fully saturated rings. The third kappa shape index (κ3) is 2.03. The molecule has 5 heteroatoms. The standard InChI is InChI=1S/C13H11IN2O2/c14-10-12(17)15-11(16-13(10)18)9-4-2-1-3-8(9)7-5-6-7/h1-4,7H,5-6H2,(H2,15,16,17,18). The first-order valence-corrected chi connectivity index (χ1v) is 6.83. The average Bonchev–Trinajstić information content (AvgIpc) is 3.19. The van der Waals surface area contributed by atoms with Crippen LogP contribution in [0.25, 0.3) is 11.4 Å². The molecule has 0 spiro atoms. The van der Waals surface area contributed by atoms with Gasteiger partial charge in [-0.15, -0.1) is 0 Å². The van der Waals surface area contributed by atoms with Gasteiger partial charge in [0.1, 0.15) is 9.39 Å². The molecule has 1 heterocycles. The molecule has 18 heavy (non-hydrogen) atoms. The second-order valence-corrected chi connectivity index (χ2v) is 5.49. The van der Waals surface area contributed by atoms with Crippen molar-refractivity contribution in [1.82, 2.24) is 9.97 Å². The van der Waals surface area contributed by atoms with Crippen LogP contribution in [0, 0.1) is 3.57 Å². The molecule has 1 aliphatic carbocycles. The van der Waals surface area contributed by atoms with Crippen LogP contribution in [0.15, 0.2) is 29.1 Å². The van der Waals surface area contributed by atoms with Crippen LogP contribution < -0.4 is 5.56 Å². The summed E-state index contributed by atoms with van der Waals surface area (Å²) in [7, 11) is 0. The lowest BCUT2D eigenvalue weighted by Crippen LogP contribution is -2.12. The van der Waals surface area contributed by atoms with Crippen molar-refractivity contribution in [2.75, 3.05) is 0 Å². The van der Waals surface area contributed by atoms with Gasteiger partial charge in [0, 0.05) is 5.56 Å². The Kier molecular flexibility index (Phi) is 2.85. The number of rotatable bonds is 2. The van der Waals surface area contributed by atoms with E-state index in [4.69, 9.17) is 0 Å². The molecule has 0 aliphatic heterocycles. The van der Waals surface area contributed by atoms with E-state index in [0.29, 0.717) is 11.7 Å². The van der Waals surface area contributed by atoms with Crippen LogP contribution in [0.4, 0.5) is 0 Å². The van der Waals surface area contributed by atoms with Crippen molar-refractivity contribution in [1.29, 1.82) is 0 Å². The summed E-state index contributed by atoms with van der Waals surface area (Å²) in [6.45, 7) is 0. The van der Waals surface area contributed by atoms with Crippen LogP contribution in [0.1, 0.15) is 24.3 Å². The predicted octanol–water partition coefficient (Wildman–Crippen LogP) is 2.62. The highest BCUT2D eigenvalue weighted by molar-refractivity contribution is 14.1. The maximum atomic E-state index is 11.7. The number of halogens is 1. The van der Waals surface area contributed by atoms with Gasteiger partial charge in [0.15, 0.2) is 0 Å². The van der Waals surface area contributed by atoms with Gasteiger partial charge in [-0.25, -0.2) is 0 Å². The molecule has 0 unspecified atom stereocenters. The molecular formula is C13H11IN2O2. The summed E-state index contributed by atoms with van der Waals surface area (Å²) >= 11 is 1.78. The minimum absolute atomic E-state index is 0.208. The van der Waals surface area contributed by atoms with Crippen LogP contribution in [0.2, 0.25) is 0 Å². The zero-order valence-electron chi connectivity index (χ0n) is 9.48. The summed E-state index contributed by atoms with van der Waals surface area (Å²) in [5.41, 5.74) is 1.80. The normalized spacial score (nSPS) is 14.7. The van der Waals surface area contributed by atoms with Gasteiger partial charge in [0.05, 0.1) is 0 Å². The fourth-order valence-electron chi connectivity index (χ4n) is 2.04. The van der Waals surface area contributed by atoms with E-state index in [-0.39, 0.29) is 15.0 Å². The molecule has 2 N–H and O–H groups in total. The highest BCUT2D eigenvalue weighted by Gasteiger charge is 2.26. The van der Waals surface area contributed by atoms with Gasteiger partial charge in [-0.1, -0.05) is 24.3 Å². The molecule has 2 aromatic rings. The molecule has 4 nitrogen and oxygen atoms in total. The largest absolute Gasteiger partial charge is 0.492 e. The van der Waals surface area contributed by atoms with Crippen molar-refractivity contribution >= 4 is 22.6 Å². The van der Waals surface area contributed by atoms with Gasteiger partial charge < -0.3 is 10.1 Å². The number of aromatic amines is 1. The first-order chi connectivity index (χ1) is 8.66. The summed E-state index contributed by atoms with van der Waals surface area (Å²) in [4.78, 5) is 18.5. The number of hydrogen-bond donors (Lipinski definition) is 2. The molecule has 0 amide bonds. The zero-order chi connectivity index (χ0) is 12.7. The first kappa shape index (κ1) is 11.7. The maximum Gasteiger partial charge on any atom is 0.268 e. The van der Waals surface area contributed by atoms with Gasteiger partial charge in [0.25, 0.3) is 5.56 Å². The van der Waals surface area contributed by atoms with Crippen molar-refractivity contribution in [2.24, 2.45) is 0 Å². The van der Waals surface area contributed by atoms with E-state index in [1.165, 1.54) is 18.4 Å². The van der Waals surface area contributed by atoms with E-state index in [0.717, 1.165) is 5.56 Å². The molecule has 1 aliphatic rings. The number of aromatic hydroxyl groups is 1. The van der Waals surface area contributed by atoms with Crippen LogP contribution in [-0.4, -0.2) is 15.1 Å². The Bertz CT molecular complexity index is 662. The van der Waals surface area contributed by atoms with Crippen LogP contribution >= 0.6 is 22.6 Å². The summed E-state index contributed by atoms with van der Waals surface area (Å²) in [5, 5.41) is 9.65. The van der Waals surface area contributed by atoms with Gasteiger partial charge in [-0.3, -0.25) is 4.79 Å². The summed E-state index contributed by atoms with van der Waals surface area (Å²) in [5.74, 6) is 0.799. The van der Waals surface area contributed by atoms with Gasteiger partial charge in [-0.05, 0) is 46.9 Å². The van der Waals surface area contributed by atoms with E-state index in [1.807, 2.05) is 18.2 Å². The summed E-state index contributed by atoms with van der Waals surface area (Å²) in [6.07, 6.45) is 2.36. The van der Waals surface area contributed by atoms with Crippen molar-refractivity contribution in [2.45, 2.75) is 18.8 Å². The molecule has 1 saturated carbocycles. The van der Waals surface area contributed by atoms with E-state index in [9.17, 15) is 9.90 Å². The number of hydrogen-bond acceptors (Lipinski definition) is 3. The summed E-state index contributed by atoms with van der Waals surface area (Å²) in [6, 6.07) is 7.89. The van der Waals surface area contributed by atoms with E-state index >= 15 is 0 Å². The lowest BCUT2D eigenvalue weighted by atomic mass is 10.0. The number of aromatic nitrogens is 2. The highest BCUT2D eigenvalue weighted by atomic mass is 127. The molecule has 0 atom stereocenters. The van der Waals surface area contributed by atoms with Gasteiger partial charge in [-0.2, -0.15) is 4.98 Å². The van der Waals surface area contributed by atoms with Crippen molar-refractivity contribution in [3.8, 4) is 17.3 Å². The third-order valence-electron chi connectivity index (χ3n) is 3.08. The minimum Gasteiger partial charge on any atom is -0.492 e. The minimum atomic E-state index is -0.302. The Morgan fingerprint density at radius 3 is 2.72 bits per heavy atom. The van der Waals surface area contributed by atoms with E-state index in [1.54, 1.807) is 22.6 Å². The Balaban J connectivity index is 2.18. The summed E-state index contributed by atoms with van der Waals surface area (Å²) < 4.78 is 0.222. The fraction of sp³-hybridized carbons (Fsp3) is 0.231. The lowest BCUT2D eigenvalue weighted by molar-refractivity contribution is 0.447. The smallest absolute Gasteiger partial charge is 0.268 e. The molecule has 3 rings (SSSR count). The molecular weight excluding hydrogens is 343 g/mol. The zero-order valence-corrected chi connectivity index (χ0v) is 11.6. The number of nitrogens with zero attached hydrogens (tertiary/aromatic N) is 1. The first-order valence-electron chi connectivity index (χ1n) is 5.75. The molecule has 92 valence electrons. The number of nitrogens with one attached hydrogen (secondary N) is 1. The van der Waals surface area contributed by atoms with E-state index < -0.39 is 0 Å². The Morgan fingerprint density at radius 1 is 1.33 bits per heavy atom. The Hall–Kier alpha value is -1.37. The van der Waals surface area contributed by atoms with E-state index in [2.05, 4.69) is 16.0 Å². The van der Waals surface area contributed by atoms with Crippen molar-refractivity contribution in [3.05, 3.63) is 43.8 Å². The maximum absolute atomic E-state index is 11.7. The van der Waals surface area contributed by atoms with Crippen LogP contribution in [-0.2, 0) is 0 Å². The molecule has 1 aromatic carbocycles. The monoisotopic (exact) mass is 354 g/mol. The Morgan fingerprint density at radius 2 is 2.06 bits per heavy atom. The average molecular weight is 354 g/mol. The molecule has 0 saturated heterocycles. The topological polar surface area (TPSA) is 66.0 Å². The fourth-order valence-corrected chi connectivity index (χ4v) is 2.29. The second-order valence-electron chi connectivity index (χ2n) is 4.41. The lowest BCUT2D eigenvalue weighted by Gasteiger charge is -2.08.